The standard InChI is InChI=1S/C14H20N2S/c1-14(2,3)9-11(15-4)13-16-10-7-5-6-8-12(10)17-13/h5-8,11,15H,9H2,1-4H3. The molecule has 1 aromatic heterocycles. The summed E-state index contributed by atoms with van der Waals surface area (Å²) in [5.74, 6) is 0. The highest BCUT2D eigenvalue weighted by Crippen LogP contribution is 2.33. The molecule has 0 aliphatic carbocycles. The van der Waals surface area contributed by atoms with Crippen LogP contribution in [0, 0.1) is 5.41 Å². The third-order valence-electron chi connectivity index (χ3n) is 2.77. The van der Waals surface area contributed by atoms with Gasteiger partial charge in [-0.1, -0.05) is 32.9 Å². The molecule has 17 heavy (non-hydrogen) atoms. The average molecular weight is 248 g/mol. The molecule has 0 aliphatic rings. The Balaban J connectivity index is 2.30. The van der Waals surface area contributed by atoms with E-state index in [-0.39, 0.29) is 0 Å². The quantitative estimate of drug-likeness (QED) is 0.888. The molecule has 2 rings (SSSR count). The SMILES string of the molecule is CNC(CC(C)(C)C)c1nc2ccccc2s1. The van der Waals surface area contributed by atoms with Crippen molar-refractivity contribution in [2.24, 2.45) is 5.41 Å². The normalized spacial score (nSPS) is 14.1. The number of hydrogen-bond donors (Lipinski definition) is 1. The molecule has 0 bridgehead atoms. The van der Waals surface area contributed by atoms with E-state index in [9.17, 15) is 0 Å². The molecule has 0 saturated heterocycles. The van der Waals surface area contributed by atoms with Gasteiger partial charge in [-0.15, -0.1) is 11.3 Å². The van der Waals surface area contributed by atoms with E-state index in [0.29, 0.717) is 11.5 Å². The second kappa shape index (κ2) is 4.75. The van der Waals surface area contributed by atoms with Gasteiger partial charge in [0.05, 0.1) is 16.3 Å². The van der Waals surface area contributed by atoms with Gasteiger partial charge in [0, 0.05) is 0 Å². The summed E-state index contributed by atoms with van der Waals surface area (Å²) < 4.78 is 1.27. The second-order valence-electron chi connectivity index (χ2n) is 5.63. The van der Waals surface area contributed by atoms with Crippen LogP contribution in [-0.2, 0) is 0 Å². The molecule has 2 aromatic rings. The summed E-state index contributed by atoms with van der Waals surface area (Å²) in [7, 11) is 2.02. The lowest BCUT2D eigenvalue weighted by Crippen LogP contribution is -2.22. The zero-order chi connectivity index (χ0) is 12.5. The Bertz CT molecular complexity index is 463. The topological polar surface area (TPSA) is 24.9 Å². The molecule has 0 aliphatic heterocycles. The van der Waals surface area contributed by atoms with Gasteiger partial charge in [0.25, 0.3) is 0 Å². The second-order valence-corrected chi connectivity index (χ2v) is 6.69. The molecule has 0 amide bonds. The molecule has 1 heterocycles. The molecular weight excluding hydrogens is 228 g/mol. The monoisotopic (exact) mass is 248 g/mol. The number of hydrogen-bond acceptors (Lipinski definition) is 3. The van der Waals surface area contributed by atoms with Crippen molar-refractivity contribution < 1.29 is 0 Å². The van der Waals surface area contributed by atoms with Gasteiger partial charge >= 0.3 is 0 Å². The zero-order valence-electron chi connectivity index (χ0n) is 10.9. The summed E-state index contributed by atoms with van der Waals surface area (Å²) >= 11 is 1.80. The van der Waals surface area contributed by atoms with E-state index in [0.717, 1.165) is 11.9 Å². The van der Waals surface area contributed by atoms with Crippen molar-refractivity contribution >= 4 is 21.6 Å². The van der Waals surface area contributed by atoms with E-state index in [1.54, 1.807) is 11.3 Å². The molecule has 0 saturated carbocycles. The maximum Gasteiger partial charge on any atom is 0.111 e. The Hall–Kier alpha value is -0.930. The Morgan fingerprint density at radius 2 is 2.00 bits per heavy atom. The summed E-state index contributed by atoms with van der Waals surface area (Å²) in [5.41, 5.74) is 1.42. The number of nitrogens with zero attached hydrogens (tertiary/aromatic N) is 1. The summed E-state index contributed by atoms with van der Waals surface area (Å²) in [5, 5.41) is 4.58. The van der Waals surface area contributed by atoms with E-state index in [1.165, 1.54) is 9.71 Å². The third kappa shape index (κ3) is 3.05. The van der Waals surface area contributed by atoms with Crippen molar-refractivity contribution in [1.82, 2.24) is 10.3 Å². The average Bonchev–Trinajstić information content (AvgIpc) is 2.67. The van der Waals surface area contributed by atoms with Crippen LogP contribution in [0.2, 0.25) is 0 Å². The van der Waals surface area contributed by atoms with Crippen molar-refractivity contribution in [3.8, 4) is 0 Å². The zero-order valence-corrected chi connectivity index (χ0v) is 11.8. The molecule has 92 valence electrons. The van der Waals surface area contributed by atoms with Crippen molar-refractivity contribution in [2.45, 2.75) is 33.2 Å². The lowest BCUT2D eigenvalue weighted by molar-refractivity contribution is 0.320. The maximum atomic E-state index is 4.72. The molecule has 0 radical (unpaired) electrons. The van der Waals surface area contributed by atoms with Crippen molar-refractivity contribution in [1.29, 1.82) is 0 Å². The number of aromatic nitrogens is 1. The van der Waals surface area contributed by atoms with E-state index >= 15 is 0 Å². The van der Waals surface area contributed by atoms with E-state index in [4.69, 9.17) is 4.98 Å². The molecule has 1 N–H and O–H groups in total. The van der Waals surface area contributed by atoms with Crippen LogP contribution < -0.4 is 5.32 Å². The Kier molecular flexibility index (Phi) is 3.50. The maximum absolute atomic E-state index is 4.72. The predicted octanol–water partition coefficient (Wildman–Crippen LogP) is 3.99. The Labute approximate surface area is 107 Å². The third-order valence-corrected chi connectivity index (χ3v) is 3.92. The van der Waals surface area contributed by atoms with Gasteiger partial charge < -0.3 is 5.32 Å². The minimum Gasteiger partial charge on any atom is -0.311 e. The fourth-order valence-corrected chi connectivity index (χ4v) is 3.04. The number of para-hydroxylation sites is 1. The van der Waals surface area contributed by atoms with Crippen molar-refractivity contribution in [3.05, 3.63) is 29.3 Å². The first-order valence-corrected chi connectivity index (χ1v) is 6.84. The molecule has 0 spiro atoms. The van der Waals surface area contributed by atoms with Crippen LogP contribution in [-0.4, -0.2) is 12.0 Å². The molecule has 1 unspecified atom stereocenters. The van der Waals surface area contributed by atoms with Crippen LogP contribution in [0.15, 0.2) is 24.3 Å². The molecule has 1 atom stereocenters. The lowest BCUT2D eigenvalue weighted by atomic mass is 9.88. The van der Waals surface area contributed by atoms with Crippen LogP contribution in [0.4, 0.5) is 0 Å². The summed E-state index contributed by atoms with van der Waals surface area (Å²) in [4.78, 5) is 4.72. The van der Waals surface area contributed by atoms with E-state index in [1.807, 2.05) is 13.1 Å². The molecule has 3 heteroatoms. The van der Waals surface area contributed by atoms with E-state index < -0.39 is 0 Å². The first-order chi connectivity index (χ1) is 7.99. The van der Waals surface area contributed by atoms with Gasteiger partial charge in [-0.3, -0.25) is 0 Å². The Morgan fingerprint density at radius 3 is 2.59 bits per heavy atom. The van der Waals surface area contributed by atoms with Crippen LogP contribution in [0.5, 0.6) is 0 Å². The van der Waals surface area contributed by atoms with E-state index in [2.05, 4.69) is 44.3 Å². The van der Waals surface area contributed by atoms with Crippen LogP contribution in [0.1, 0.15) is 38.2 Å². The van der Waals surface area contributed by atoms with Crippen LogP contribution in [0.3, 0.4) is 0 Å². The fraction of sp³-hybridized carbons (Fsp3) is 0.500. The van der Waals surface area contributed by atoms with Gasteiger partial charge in [0.15, 0.2) is 0 Å². The van der Waals surface area contributed by atoms with Crippen LogP contribution in [0.25, 0.3) is 10.2 Å². The number of nitrogens with one attached hydrogen (secondary N) is 1. The number of fused-ring (bicyclic) bond motifs is 1. The first-order valence-electron chi connectivity index (χ1n) is 6.02. The lowest BCUT2D eigenvalue weighted by Gasteiger charge is -2.24. The fourth-order valence-electron chi connectivity index (χ4n) is 1.96. The van der Waals surface area contributed by atoms with Gasteiger partial charge in [0.2, 0.25) is 0 Å². The molecular formula is C14H20N2S. The minimum atomic E-state index is 0.311. The largest absolute Gasteiger partial charge is 0.311 e. The Morgan fingerprint density at radius 1 is 1.29 bits per heavy atom. The van der Waals surface area contributed by atoms with Gasteiger partial charge in [-0.2, -0.15) is 0 Å². The first kappa shape index (κ1) is 12.5. The highest BCUT2D eigenvalue weighted by Gasteiger charge is 2.21. The highest BCUT2D eigenvalue weighted by atomic mass is 32.1. The van der Waals surface area contributed by atoms with Gasteiger partial charge in [0.1, 0.15) is 5.01 Å². The summed E-state index contributed by atoms with van der Waals surface area (Å²) in [6, 6.07) is 8.69. The highest BCUT2D eigenvalue weighted by molar-refractivity contribution is 7.18. The number of rotatable bonds is 3. The summed E-state index contributed by atoms with van der Waals surface area (Å²) in [6.07, 6.45) is 1.10. The molecule has 0 fully saturated rings. The smallest absolute Gasteiger partial charge is 0.111 e. The molecule has 2 nitrogen and oxygen atoms in total. The number of benzene rings is 1. The van der Waals surface area contributed by atoms with Gasteiger partial charge in [-0.25, -0.2) is 4.98 Å². The predicted molar refractivity (Wildman–Crippen MR) is 75.5 cm³/mol. The molecule has 1 aromatic carbocycles. The van der Waals surface area contributed by atoms with Gasteiger partial charge in [-0.05, 0) is 31.0 Å². The minimum absolute atomic E-state index is 0.311. The number of thiazole rings is 1. The summed E-state index contributed by atoms with van der Waals surface area (Å²) in [6.45, 7) is 6.81. The van der Waals surface area contributed by atoms with Crippen molar-refractivity contribution in [2.75, 3.05) is 7.05 Å². The van der Waals surface area contributed by atoms with Crippen LogP contribution >= 0.6 is 11.3 Å². The van der Waals surface area contributed by atoms with Crippen molar-refractivity contribution in [3.63, 3.8) is 0 Å².